The third-order valence-electron chi connectivity index (χ3n) is 5.82. The van der Waals surface area contributed by atoms with Gasteiger partial charge in [-0.25, -0.2) is 0 Å². The minimum Gasteiger partial charge on any atom is -0.0617 e. The Hall–Kier alpha value is -1.56. The molecule has 0 fully saturated rings. The molecule has 0 radical (unpaired) electrons. The summed E-state index contributed by atoms with van der Waals surface area (Å²) in [5, 5.41) is 0. The Bertz CT molecular complexity index is 799. The largest absolute Gasteiger partial charge is 0.0617 e. The lowest BCUT2D eigenvalue weighted by molar-refractivity contribution is 0.538. The highest BCUT2D eigenvalue weighted by Crippen LogP contribution is 2.41. The average molecular weight is 365 g/mol. The van der Waals surface area contributed by atoms with E-state index in [0.717, 1.165) is 0 Å². The maximum absolute atomic E-state index is 2.46. The van der Waals surface area contributed by atoms with E-state index in [9.17, 15) is 0 Å². The van der Waals surface area contributed by atoms with Crippen LogP contribution in [0.5, 0.6) is 0 Å². The van der Waals surface area contributed by atoms with Gasteiger partial charge in [-0.15, -0.1) is 0 Å². The first-order chi connectivity index (χ1) is 12.0. The molecule has 2 aromatic carbocycles. The SMILES string of the molecule is CC(C)(C)c1cccc(C(C)(C)c2cc(C(C)(C)C)ccc2C(C)(C)C)c1. The number of benzene rings is 2. The van der Waals surface area contributed by atoms with Crippen LogP contribution < -0.4 is 0 Å². The van der Waals surface area contributed by atoms with Crippen LogP contribution >= 0.6 is 0 Å². The zero-order valence-electron chi connectivity index (χ0n) is 19.5. The van der Waals surface area contributed by atoms with Crippen molar-refractivity contribution in [1.82, 2.24) is 0 Å². The molecule has 0 nitrogen and oxygen atoms in total. The fourth-order valence-electron chi connectivity index (χ4n) is 3.71. The van der Waals surface area contributed by atoms with E-state index in [1.54, 1.807) is 0 Å². The topological polar surface area (TPSA) is 0 Å². The van der Waals surface area contributed by atoms with Gasteiger partial charge in [0.25, 0.3) is 0 Å². The van der Waals surface area contributed by atoms with Gasteiger partial charge in [0.2, 0.25) is 0 Å². The Morgan fingerprint density at radius 1 is 0.444 bits per heavy atom. The predicted molar refractivity (Wildman–Crippen MR) is 121 cm³/mol. The lowest BCUT2D eigenvalue weighted by Gasteiger charge is -2.35. The van der Waals surface area contributed by atoms with Gasteiger partial charge in [-0.3, -0.25) is 0 Å². The van der Waals surface area contributed by atoms with Gasteiger partial charge >= 0.3 is 0 Å². The summed E-state index contributed by atoms with van der Waals surface area (Å²) in [6.07, 6.45) is 0. The predicted octanol–water partition coefficient (Wildman–Crippen LogP) is 7.91. The van der Waals surface area contributed by atoms with Crippen LogP contribution in [-0.4, -0.2) is 0 Å². The molecule has 0 unspecified atom stereocenters. The van der Waals surface area contributed by atoms with Crippen LogP contribution in [0, 0.1) is 0 Å². The molecule has 0 heteroatoms. The van der Waals surface area contributed by atoms with Gasteiger partial charge in [0.15, 0.2) is 0 Å². The Balaban J connectivity index is 2.74. The van der Waals surface area contributed by atoms with Gasteiger partial charge in [0.1, 0.15) is 0 Å². The summed E-state index contributed by atoms with van der Waals surface area (Å²) in [5.74, 6) is 0. The van der Waals surface area contributed by atoms with Crippen molar-refractivity contribution in [3.05, 3.63) is 70.3 Å². The molecule has 0 heterocycles. The third kappa shape index (κ3) is 4.65. The second-order valence-corrected chi connectivity index (χ2v) is 11.7. The molecule has 0 bridgehead atoms. The van der Waals surface area contributed by atoms with E-state index in [4.69, 9.17) is 0 Å². The summed E-state index contributed by atoms with van der Waals surface area (Å²) in [7, 11) is 0. The Morgan fingerprint density at radius 3 is 1.41 bits per heavy atom. The molecule has 0 spiro atoms. The third-order valence-corrected chi connectivity index (χ3v) is 5.82. The number of rotatable bonds is 2. The average Bonchev–Trinajstić information content (AvgIpc) is 2.52. The van der Waals surface area contributed by atoms with Crippen LogP contribution in [-0.2, 0) is 21.7 Å². The molecule has 0 aliphatic rings. The minimum absolute atomic E-state index is 0.0505. The summed E-state index contributed by atoms with van der Waals surface area (Å²) < 4.78 is 0. The van der Waals surface area contributed by atoms with E-state index in [1.807, 2.05) is 0 Å². The molecule has 0 saturated heterocycles. The van der Waals surface area contributed by atoms with E-state index in [-0.39, 0.29) is 21.7 Å². The fraction of sp³-hybridized carbons (Fsp3) is 0.556. The zero-order chi connectivity index (χ0) is 20.8. The van der Waals surface area contributed by atoms with Gasteiger partial charge in [-0.1, -0.05) is 119 Å². The van der Waals surface area contributed by atoms with Crippen molar-refractivity contribution in [3.63, 3.8) is 0 Å². The first-order valence-corrected chi connectivity index (χ1v) is 10.3. The Labute approximate surface area is 168 Å². The number of hydrogen-bond donors (Lipinski definition) is 0. The highest BCUT2D eigenvalue weighted by molar-refractivity contribution is 5.49. The maximum atomic E-state index is 2.46. The molecule has 0 aromatic heterocycles. The molecular formula is C27H40. The molecule has 0 N–H and O–H groups in total. The highest BCUT2D eigenvalue weighted by Gasteiger charge is 2.32. The monoisotopic (exact) mass is 364 g/mol. The second kappa shape index (κ2) is 6.80. The van der Waals surface area contributed by atoms with Crippen molar-refractivity contribution < 1.29 is 0 Å². The van der Waals surface area contributed by atoms with Crippen molar-refractivity contribution in [1.29, 1.82) is 0 Å². The lowest BCUT2D eigenvalue weighted by Crippen LogP contribution is -2.27. The first kappa shape index (κ1) is 21.7. The van der Waals surface area contributed by atoms with Crippen LogP contribution in [0.25, 0.3) is 0 Å². The molecule has 148 valence electrons. The van der Waals surface area contributed by atoms with Gasteiger partial charge in [0.05, 0.1) is 0 Å². The van der Waals surface area contributed by atoms with E-state index in [1.165, 1.54) is 27.8 Å². The highest BCUT2D eigenvalue weighted by atomic mass is 14.4. The van der Waals surface area contributed by atoms with Crippen molar-refractivity contribution in [3.8, 4) is 0 Å². The standard InChI is InChI=1S/C27H40/c1-24(2,3)19-13-12-14-21(17-19)27(10,11)23-18-20(25(4,5)6)15-16-22(23)26(7,8)9/h12-18H,1-11H3. The van der Waals surface area contributed by atoms with Crippen molar-refractivity contribution in [2.45, 2.75) is 97.8 Å². The molecule has 0 aliphatic carbocycles. The minimum atomic E-state index is -0.0505. The summed E-state index contributed by atoms with van der Waals surface area (Å²) in [6, 6.07) is 16.3. The molecule has 0 saturated carbocycles. The maximum Gasteiger partial charge on any atom is 0.0149 e. The van der Waals surface area contributed by atoms with Crippen LogP contribution in [0.1, 0.15) is 104 Å². The van der Waals surface area contributed by atoms with Gasteiger partial charge in [-0.2, -0.15) is 0 Å². The van der Waals surface area contributed by atoms with Crippen LogP contribution in [0.3, 0.4) is 0 Å². The Morgan fingerprint density at radius 2 is 0.926 bits per heavy atom. The smallest absolute Gasteiger partial charge is 0.0149 e. The summed E-state index contributed by atoms with van der Waals surface area (Å²) in [6.45, 7) is 25.5. The normalized spacial score (nSPS) is 13.7. The molecule has 2 rings (SSSR count). The quantitative estimate of drug-likeness (QED) is 0.508. The molecule has 2 aromatic rings. The van der Waals surface area contributed by atoms with E-state index in [2.05, 4.69) is 119 Å². The zero-order valence-corrected chi connectivity index (χ0v) is 19.5. The molecule has 0 aliphatic heterocycles. The van der Waals surface area contributed by atoms with Crippen molar-refractivity contribution >= 4 is 0 Å². The molecule has 0 amide bonds. The molecule has 27 heavy (non-hydrogen) atoms. The second-order valence-electron chi connectivity index (χ2n) is 11.7. The molecular weight excluding hydrogens is 324 g/mol. The van der Waals surface area contributed by atoms with Crippen LogP contribution in [0.2, 0.25) is 0 Å². The first-order valence-electron chi connectivity index (χ1n) is 10.3. The fourth-order valence-corrected chi connectivity index (χ4v) is 3.71. The van der Waals surface area contributed by atoms with Crippen molar-refractivity contribution in [2.75, 3.05) is 0 Å². The van der Waals surface area contributed by atoms with Gasteiger partial charge < -0.3 is 0 Å². The summed E-state index contributed by atoms with van der Waals surface area (Å²) >= 11 is 0. The van der Waals surface area contributed by atoms with E-state index < -0.39 is 0 Å². The van der Waals surface area contributed by atoms with Crippen molar-refractivity contribution in [2.24, 2.45) is 0 Å². The van der Waals surface area contributed by atoms with Gasteiger partial charge in [0, 0.05) is 5.41 Å². The Kier molecular flexibility index (Phi) is 5.47. The number of hydrogen-bond acceptors (Lipinski definition) is 0. The summed E-state index contributed by atoms with van der Waals surface area (Å²) in [5.41, 5.74) is 7.47. The lowest BCUT2D eigenvalue weighted by atomic mass is 9.68. The van der Waals surface area contributed by atoms with E-state index >= 15 is 0 Å². The molecule has 0 atom stereocenters. The van der Waals surface area contributed by atoms with Crippen LogP contribution in [0.4, 0.5) is 0 Å². The van der Waals surface area contributed by atoms with E-state index in [0.29, 0.717) is 0 Å². The van der Waals surface area contributed by atoms with Gasteiger partial charge in [-0.05, 0) is 44.1 Å². The van der Waals surface area contributed by atoms with Crippen LogP contribution in [0.15, 0.2) is 42.5 Å². The summed E-state index contributed by atoms with van der Waals surface area (Å²) in [4.78, 5) is 0.